The maximum absolute atomic E-state index is 6.22. The molecule has 2 aromatic rings. The summed E-state index contributed by atoms with van der Waals surface area (Å²) in [6.07, 6.45) is 5.38. The molecule has 0 radical (unpaired) electrons. The first kappa shape index (κ1) is 13.6. The molecule has 0 spiro atoms. The van der Waals surface area contributed by atoms with Crippen molar-refractivity contribution in [3.05, 3.63) is 48.0 Å². The van der Waals surface area contributed by atoms with Crippen LogP contribution in [0, 0.1) is 5.92 Å². The van der Waals surface area contributed by atoms with E-state index in [9.17, 15) is 0 Å². The Morgan fingerprint density at radius 1 is 1.10 bits per heavy atom. The van der Waals surface area contributed by atoms with Crippen LogP contribution in [0.5, 0.6) is 0 Å². The van der Waals surface area contributed by atoms with E-state index in [4.69, 9.17) is 10.5 Å². The summed E-state index contributed by atoms with van der Waals surface area (Å²) in [6, 6.07) is 14.8. The van der Waals surface area contributed by atoms with Crippen molar-refractivity contribution in [3.8, 4) is 0 Å². The number of rotatable bonds is 6. The summed E-state index contributed by atoms with van der Waals surface area (Å²) < 4.78 is 5.74. The Morgan fingerprint density at radius 2 is 1.90 bits per heavy atom. The van der Waals surface area contributed by atoms with Crippen molar-refractivity contribution >= 4 is 10.8 Å². The molecule has 2 N–H and O–H groups in total. The molecule has 3 rings (SSSR count). The SMILES string of the molecule is NC(COCCC1CCC1)c1ccc2ccccc2c1. The fourth-order valence-electron chi connectivity index (χ4n) is 2.78. The number of fused-ring (bicyclic) bond motifs is 1. The third-order valence-corrected chi connectivity index (χ3v) is 4.39. The highest BCUT2D eigenvalue weighted by Crippen LogP contribution is 2.29. The first-order valence-electron chi connectivity index (χ1n) is 7.65. The van der Waals surface area contributed by atoms with Gasteiger partial charge in [-0.3, -0.25) is 0 Å². The molecule has 1 unspecified atom stereocenters. The van der Waals surface area contributed by atoms with E-state index in [1.807, 2.05) is 0 Å². The van der Waals surface area contributed by atoms with Crippen molar-refractivity contribution in [2.75, 3.05) is 13.2 Å². The second-order valence-corrected chi connectivity index (χ2v) is 5.87. The Balaban J connectivity index is 1.53. The minimum absolute atomic E-state index is 0.0269. The smallest absolute Gasteiger partial charge is 0.0659 e. The van der Waals surface area contributed by atoms with E-state index in [1.54, 1.807) is 0 Å². The van der Waals surface area contributed by atoms with Crippen LogP contribution in [0.3, 0.4) is 0 Å². The van der Waals surface area contributed by atoms with Gasteiger partial charge in [-0.1, -0.05) is 55.7 Å². The van der Waals surface area contributed by atoms with Gasteiger partial charge >= 0.3 is 0 Å². The van der Waals surface area contributed by atoms with Crippen molar-refractivity contribution in [3.63, 3.8) is 0 Å². The molecule has 0 amide bonds. The molecule has 1 aliphatic carbocycles. The van der Waals surface area contributed by atoms with Gasteiger partial charge in [0.1, 0.15) is 0 Å². The molecule has 1 saturated carbocycles. The van der Waals surface area contributed by atoms with E-state index in [1.165, 1.54) is 36.5 Å². The molecule has 2 aromatic carbocycles. The van der Waals surface area contributed by atoms with Gasteiger partial charge in [0.2, 0.25) is 0 Å². The number of nitrogens with two attached hydrogens (primary N) is 1. The molecule has 0 saturated heterocycles. The average molecular weight is 269 g/mol. The van der Waals surface area contributed by atoms with Crippen molar-refractivity contribution in [1.29, 1.82) is 0 Å². The van der Waals surface area contributed by atoms with Crippen LogP contribution >= 0.6 is 0 Å². The second kappa shape index (κ2) is 6.38. The van der Waals surface area contributed by atoms with Crippen molar-refractivity contribution in [2.24, 2.45) is 11.7 Å². The van der Waals surface area contributed by atoms with Gasteiger partial charge in [0.15, 0.2) is 0 Å². The first-order valence-corrected chi connectivity index (χ1v) is 7.65. The molecule has 0 aromatic heterocycles. The van der Waals surface area contributed by atoms with E-state index in [0.717, 1.165) is 18.1 Å². The predicted octanol–water partition coefficient (Wildman–Crippen LogP) is 4.05. The Bertz CT molecular complexity index is 562. The van der Waals surface area contributed by atoms with E-state index in [-0.39, 0.29) is 6.04 Å². The third-order valence-electron chi connectivity index (χ3n) is 4.39. The summed E-state index contributed by atoms with van der Waals surface area (Å²) in [5.41, 5.74) is 7.38. The zero-order valence-corrected chi connectivity index (χ0v) is 11.9. The standard InChI is InChI=1S/C18H23NO/c19-18(13-20-11-10-14-4-3-5-14)17-9-8-15-6-1-2-7-16(15)12-17/h1-2,6-9,12,14,18H,3-5,10-11,13,19H2. The largest absolute Gasteiger partial charge is 0.379 e. The molecule has 2 heteroatoms. The Hall–Kier alpha value is -1.38. The highest BCUT2D eigenvalue weighted by Gasteiger charge is 2.16. The van der Waals surface area contributed by atoms with Gasteiger partial charge in [-0.25, -0.2) is 0 Å². The van der Waals surface area contributed by atoms with Gasteiger partial charge in [-0.2, -0.15) is 0 Å². The summed E-state index contributed by atoms with van der Waals surface area (Å²) in [5, 5.41) is 2.50. The molecule has 0 bridgehead atoms. The molecule has 0 aliphatic heterocycles. The Labute approximate surface area is 120 Å². The van der Waals surface area contributed by atoms with E-state index in [0.29, 0.717) is 6.61 Å². The fraction of sp³-hybridized carbons (Fsp3) is 0.444. The lowest BCUT2D eigenvalue weighted by Gasteiger charge is -2.25. The maximum Gasteiger partial charge on any atom is 0.0659 e. The van der Waals surface area contributed by atoms with Gasteiger partial charge in [0, 0.05) is 6.61 Å². The van der Waals surface area contributed by atoms with Crippen LogP contribution in [0.4, 0.5) is 0 Å². The highest BCUT2D eigenvalue weighted by molar-refractivity contribution is 5.83. The number of ether oxygens (including phenoxy) is 1. The van der Waals surface area contributed by atoms with Crippen molar-refractivity contribution in [2.45, 2.75) is 31.7 Å². The maximum atomic E-state index is 6.22. The van der Waals surface area contributed by atoms with Gasteiger partial charge in [0.05, 0.1) is 12.6 Å². The summed E-state index contributed by atoms with van der Waals surface area (Å²) in [4.78, 5) is 0. The van der Waals surface area contributed by atoms with Crippen molar-refractivity contribution in [1.82, 2.24) is 0 Å². The quantitative estimate of drug-likeness (QED) is 0.803. The van der Waals surface area contributed by atoms with Gasteiger partial charge in [0.25, 0.3) is 0 Å². The van der Waals surface area contributed by atoms with Gasteiger partial charge in [-0.15, -0.1) is 0 Å². The average Bonchev–Trinajstić information content (AvgIpc) is 2.44. The lowest BCUT2D eigenvalue weighted by Crippen LogP contribution is -2.19. The predicted molar refractivity (Wildman–Crippen MR) is 83.7 cm³/mol. The highest BCUT2D eigenvalue weighted by atomic mass is 16.5. The van der Waals surface area contributed by atoms with E-state index in [2.05, 4.69) is 42.5 Å². The van der Waals surface area contributed by atoms with Crippen LogP contribution in [0.15, 0.2) is 42.5 Å². The summed E-state index contributed by atoms with van der Waals surface area (Å²) >= 11 is 0. The van der Waals surface area contributed by atoms with Crippen LogP contribution in [-0.4, -0.2) is 13.2 Å². The number of benzene rings is 2. The Kier molecular flexibility index (Phi) is 4.34. The topological polar surface area (TPSA) is 35.2 Å². The van der Waals surface area contributed by atoms with Crippen LogP contribution < -0.4 is 5.73 Å². The summed E-state index contributed by atoms with van der Waals surface area (Å²) in [5.74, 6) is 0.909. The first-order chi connectivity index (χ1) is 9.83. The zero-order valence-electron chi connectivity index (χ0n) is 11.9. The number of hydrogen-bond donors (Lipinski definition) is 1. The summed E-state index contributed by atoms with van der Waals surface area (Å²) in [7, 11) is 0. The van der Waals surface area contributed by atoms with Crippen LogP contribution in [0.25, 0.3) is 10.8 Å². The lowest BCUT2D eigenvalue weighted by molar-refractivity contribution is 0.0962. The second-order valence-electron chi connectivity index (χ2n) is 5.87. The molecule has 1 fully saturated rings. The molecular weight excluding hydrogens is 246 g/mol. The number of hydrogen-bond acceptors (Lipinski definition) is 2. The molecule has 0 heterocycles. The normalized spacial score (nSPS) is 17.1. The minimum Gasteiger partial charge on any atom is -0.379 e. The van der Waals surface area contributed by atoms with Gasteiger partial charge < -0.3 is 10.5 Å². The lowest BCUT2D eigenvalue weighted by atomic mass is 9.83. The monoisotopic (exact) mass is 269 g/mol. The molecule has 1 aliphatic rings. The Morgan fingerprint density at radius 3 is 2.65 bits per heavy atom. The third kappa shape index (κ3) is 3.20. The molecule has 106 valence electrons. The molecule has 2 nitrogen and oxygen atoms in total. The molecule has 20 heavy (non-hydrogen) atoms. The zero-order chi connectivity index (χ0) is 13.8. The van der Waals surface area contributed by atoms with E-state index >= 15 is 0 Å². The minimum atomic E-state index is -0.0269. The van der Waals surface area contributed by atoms with Crippen molar-refractivity contribution < 1.29 is 4.74 Å². The molecular formula is C18H23NO. The van der Waals surface area contributed by atoms with Crippen LogP contribution in [0.2, 0.25) is 0 Å². The van der Waals surface area contributed by atoms with Crippen LogP contribution in [-0.2, 0) is 4.74 Å². The molecule has 1 atom stereocenters. The van der Waals surface area contributed by atoms with Crippen LogP contribution in [0.1, 0.15) is 37.3 Å². The fourth-order valence-corrected chi connectivity index (χ4v) is 2.78. The summed E-state index contributed by atoms with van der Waals surface area (Å²) in [6.45, 7) is 1.47. The van der Waals surface area contributed by atoms with E-state index < -0.39 is 0 Å². The van der Waals surface area contributed by atoms with Gasteiger partial charge in [-0.05, 0) is 34.7 Å².